The van der Waals surface area contributed by atoms with Crippen LogP contribution in [0.2, 0.25) is 0 Å². The van der Waals surface area contributed by atoms with Crippen LogP contribution in [0.5, 0.6) is 0 Å². The quantitative estimate of drug-likeness (QED) is 0.831. The van der Waals surface area contributed by atoms with Gasteiger partial charge in [0.15, 0.2) is 0 Å². The van der Waals surface area contributed by atoms with Crippen molar-refractivity contribution in [2.24, 2.45) is 4.99 Å². The molecule has 0 radical (unpaired) electrons. The zero-order chi connectivity index (χ0) is 9.90. The Bertz CT molecular complexity index is 296. The molecule has 1 aliphatic heterocycles. The maximum Gasteiger partial charge on any atom is 0.0838 e. The molecular formula is C7H13NOS4. The smallest absolute Gasteiger partial charge is 0.0838 e. The molecule has 0 aliphatic carbocycles. The van der Waals surface area contributed by atoms with Gasteiger partial charge in [-0.05, 0) is 28.8 Å². The first-order chi connectivity index (χ1) is 6.05. The van der Waals surface area contributed by atoms with E-state index >= 15 is 0 Å². The minimum absolute atomic E-state index is 0.0463. The Kier molecular flexibility index (Phi) is 4.57. The fourth-order valence-electron chi connectivity index (χ4n) is 1.21. The van der Waals surface area contributed by atoms with Crippen molar-refractivity contribution in [1.29, 1.82) is 0 Å². The van der Waals surface area contributed by atoms with Gasteiger partial charge in [-0.15, -0.1) is 11.8 Å². The lowest BCUT2D eigenvalue weighted by Crippen LogP contribution is -2.25. The summed E-state index contributed by atoms with van der Waals surface area (Å²) < 4.78 is 9.69. The number of hydrogen-bond donors (Lipinski definition) is 1. The lowest BCUT2D eigenvalue weighted by Gasteiger charge is -2.16. The molecule has 1 aliphatic rings. The molecule has 13 heavy (non-hydrogen) atoms. The molecule has 1 atom stereocenters. The van der Waals surface area contributed by atoms with Gasteiger partial charge in [-0.25, -0.2) is 0 Å². The van der Waals surface area contributed by atoms with E-state index in [0.717, 1.165) is 30.2 Å². The topological polar surface area (TPSA) is 32.6 Å². The van der Waals surface area contributed by atoms with Crippen LogP contribution in [-0.2, 0) is 29.8 Å². The molecule has 0 spiro atoms. The first kappa shape index (κ1) is 11.8. The predicted molar refractivity (Wildman–Crippen MR) is 68.2 cm³/mol. The minimum Gasteiger partial charge on any atom is -0.325 e. The second kappa shape index (κ2) is 5.02. The summed E-state index contributed by atoms with van der Waals surface area (Å²) in [7, 11) is -2.30. The summed E-state index contributed by atoms with van der Waals surface area (Å²) in [5.41, 5.74) is 0. The molecule has 0 aromatic heterocycles. The monoisotopic (exact) mass is 255 g/mol. The summed E-state index contributed by atoms with van der Waals surface area (Å²) in [4.78, 5) is 4.33. The number of aliphatic imine (C=N–C) groups is 1. The SMILES string of the molecule is CCCC(C1=NCCS1)S(O)(=S)=S. The molecule has 1 heterocycles. The fourth-order valence-corrected chi connectivity index (χ4v) is 5.06. The highest BCUT2D eigenvalue weighted by Crippen LogP contribution is 2.22. The van der Waals surface area contributed by atoms with Crippen molar-refractivity contribution >= 4 is 46.6 Å². The number of hydrogen-bond acceptors (Lipinski definition) is 4. The molecule has 2 nitrogen and oxygen atoms in total. The zero-order valence-corrected chi connectivity index (χ0v) is 10.7. The van der Waals surface area contributed by atoms with Gasteiger partial charge >= 0.3 is 0 Å². The summed E-state index contributed by atoms with van der Waals surface area (Å²) in [5, 5.41) is 0.944. The Morgan fingerprint density at radius 2 is 2.38 bits per heavy atom. The van der Waals surface area contributed by atoms with Crippen molar-refractivity contribution in [3.63, 3.8) is 0 Å². The van der Waals surface area contributed by atoms with Gasteiger partial charge in [0, 0.05) is 19.7 Å². The van der Waals surface area contributed by atoms with Crippen molar-refractivity contribution in [3.8, 4) is 0 Å². The van der Waals surface area contributed by atoms with Gasteiger partial charge in [0.2, 0.25) is 0 Å². The highest BCUT2D eigenvalue weighted by Gasteiger charge is 2.24. The molecule has 0 saturated carbocycles. The summed E-state index contributed by atoms with van der Waals surface area (Å²) in [6, 6.07) is 0. The number of nitrogens with zero attached hydrogens (tertiary/aromatic N) is 1. The van der Waals surface area contributed by atoms with E-state index in [9.17, 15) is 4.55 Å². The molecule has 0 aromatic rings. The largest absolute Gasteiger partial charge is 0.325 e. The van der Waals surface area contributed by atoms with Crippen molar-refractivity contribution in [3.05, 3.63) is 0 Å². The summed E-state index contributed by atoms with van der Waals surface area (Å²) in [6.07, 6.45) is 1.86. The van der Waals surface area contributed by atoms with Crippen LogP contribution >= 0.6 is 11.8 Å². The molecule has 0 aromatic carbocycles. The average molecular weight is 255 g/mol. The van der Waals surface area contributed by atoms with Crippen LogP contribution in [0.4, 0.5) is 0 Å². The highest BCUT2D eigenvalue weighted by molar-refractivity contribution is 8.54. The second-order valence-corrected chi connectivity index (χ2v) is 9.26. The van der Waals surface area contributed by atoms with Gasteiger partial charge in [-0.3, -0.25) is 4.99 Å². The van der Waals surface area contributed by atoms with E-state index in [1.54, 1.807) is 11.8 Å². The fraction of sp³-hybridized carbons (Fsp3) is 0.857. The maximum absolute atomic E-state index is 9.69. The van der Waals surface area contributed by atoms with Crippen molar-refractivity contribution in [2.75, 3.05) is 12.3 Å². The Hall–Kier alpha value is 0.770. The van der Waals surface area contributed by atoms with E-state index in [1.165, 1.54) is 0 Å². The molecule has 76 valence electrons. The van der Waals surface area contributed by atoms with Crippen LogP contribution in [0.25, 0.3) is 0 Å². The second-order valence-electron chi connectivity index (χ2n) is 2.86. The summed E-state index contributed by atoms with van der Waals surface area (Å²) in [6.45, 7) is 2.92. The standard InChI is InChI=1S/C7H13NOS4/c1-2-3-6(13(9,10)11)7-8-4-5-12-7/h6H,2-5H2,1H3,(H,9,10,11). The molecule has 0 bridgehead atoms. The Morgan fingerprint density at radius 1 is 1.69 bits per heavy atom. The predicted octanol–water partition coefficient (Wildman–Crippen LogP) is 1.85. The van der Waals surface area contributed by atoms with E-state index in [1.807, 2.05) is 0 Å². The third-order valence-corrected chi connectivity index (χ3v) is 5.61. The molecule has 1 unspecified atom stereocenters. The van der Waals surface area contributed by atoms with Crippen LogP contribution in [0, 0.1) is 0 Å². The normalized spacial score (nSPS) is 20.0. The van der Waals surface area contributed by atoms with Crippen LogP contribution in [0.15, 0.2) is 4.99 Å². The van der Waals surface area contributed by atoms with Crippen LogP contribution < -0.4 is 0 Å². The van der Waals surface area contributed by atoms with Crippen molar-refractivity contribution in [2.45, 2.75) is 25.0 Å². The average Bonchev–Trinajstić information content (AvgIpc) is 2.49. The van der Waals surface area contributed by atoms with E-state index in [0.29, 0.717) is 0 Å². The van der Waals surface area contributed by atoms with Gasteiger partial charge in [0.25, 0.3) is 0 Å². The van der Waals surface area contributed by atoms with E-state index in [-0.39, 0.29) is 5.25 Å². The van der Waals surface area contributed by atoms with Gasteiger partial charge in [-0.2, -0.15) is 0 Å². The van der Waals surface area contributed by atoms with Crippen LogP contribution in [0.3, 0.4) is 0 Å². The maximum atomic E-state index is 9.69. The molecular weight excluding hydrogens is 242 g/mol. The van der Waals surface area contributed by atoms with Crippen molar-refractivity contribution < 1.29 is 4.55 Å². The zero-order valence-electron chi connectivity index (χ0n) is 7.43. The Labute approximate surface area is 93.2 Å². The molecule has 1 N–H and O–H groups in total. The van der Waals surface area contributed by atoms with E-state index in [2.05, 4.69) is 11.9 Å². The number of thioether (sulfide) groups is 1. The summed E-state index contributed by atoms with van der Waals surface area (Å²) in [5.74, 6) is 1.01. The first-order valence-electron chi connectivity index (χ1n) is 4.19. The molecule has 6 heteroatoms. The lowest BCUT2D eigenvalue weighted by atomic mass is 10.2. The highest BCUT2D eigenvalue weighted by atomic mass is 33.1. The van der Waals surface area contributed by atoms with Crippen LogP contribution in [0.1, 0.15) is 19.8 Å². The molecule has 0 amide bonds. The van der Waals surface area contributed by atoms with E-state index in [4.69, 9.17) is 22.4 Å². The Morgan fingerprint density at radius 3 is 2.77 bits per heavy atom. The molecule has 1 rings (SSSR count). The molecule has 0 fully saturated rings. The van der Waals surface area contributed by atoms with Crippen molar-refractivity contribution in [1.82, 2.24) is 0 Å². The minimum atomic E-state index is -2.30. The number of rotatable bonds is 4. The van der Waals surface area contributed by atoms with E-state index < -0.39 is 7.43 Å². The van der Waals surface area contributed by atoms with Gasteiger partial charge < -0.3 is 4.55 Å². The third kappa shape index (κ3) is 3.43. The summed E-state index contributed by atoms with van der Waals surface area (Å²) >= 11 is 11.6. The molecule has 0 saturated heterocycles. The third-order valence-electron chi connectivity index (χ3n) is 1.79. The van der Waals surface area contributed by atoms with Gasteiger partial charge in [0.1, 0.15) is 0 Å². The first-order valence-corrected chi connectivity index (χ1v) is 8.68. The van der Waals surface area contributed by atoms with Gasteiger partial charge in [0.05, 0.1) is 10.3 Å². The lowest BCUT2D eigenvalue weighted by molar-refractivity contribution is 0.642. The van der Waals surface area contributed by atoms with Gasteiger partial charge in [-0.1, -0.05) is 13.3 Å². The van der Waals surface area contributed by atoms with Crippen LogP contribution in [-0.4, -0.2) is 27.1 Å². The Balaban J connectivity index is 2.79.